The zero-order valence-corrected chi connectivity index (χ0v) is 17.9. The number of ether oxygens (including phenoxy) is 1. The molecule has 0 aliphatic rings. The van der Waals surface area contributed by atoms with E-state index in [-0.39, 0.29) is 22.8 Å². The summed E-state index contributed by atoms with van der Waals surface area (Å²) in [6.07, 6.45) is 0. The number of carbonyl (C=O) groups excluding carboxylic acids is 2. The number of hydrogen-bond donors (Lipinski definition) is 2. The molecule has 0 fully saturated rings. The number of rotatable bonds is 7. The predicted molar refractivity (Wildman–Crippen MR) is 119 cm³/mol. The maximum absolute atomic E-state index is 12.6. The molecule has 0 saturated heterocycles. The molecule has 0 heterocycles. The van der Waals surface area contributed by atoms with Gasteiger partial charge < -0.3 is 10.1 Å². The lowest BCUT2D eigenvalue weighted by molar-refractivity contribution is 0.0526. The Balaban J connectivity index is 1.75. The smallest absolute Gasteiger partial charge is 0.338 e. The first kappa shape index (κ1) is 22.0. The van der Waals surface area contributed by atoms with Gasteiger partial charge in [0.05, 0.1) is 17.1 Å². The van der Waals surface area contributed by atoms with Crippen molar-refractivity contribution >= 4 is 33.3 Å². The molecule has 160 valence electrons. The molecule has 3 aromatic carbocycles. The molecular formula is C23H22N2O5S. The molecule has 0 aromatic heterocycles. The fraction of sp³-hybridized carbons (Fsp3) is 0.130. The van der Waals surface area contributed by atoms with E-state index in [0.29, 0.717) is 11.3 Å². The van der Waals surface area contributed by atoms with E-state index in [9.17, 15) is 18.0 Å². The summed E-state index contributed by atoms with van der Waals surface area (Å²) in [6, 6.07) is 19.0. The SMILES string of the molecule is CCOC(=O)c1cccc(NC(=O)c2cccc(NS(=O)(=O)c3ccc(C)cc3)c2)c1. The second kappa shape index (κ2) is 9.44. The first-order valence-electron chi connectivity index (χ1n) is 9.56. The summed E-state index contributed by atoms with van der Waals surface area (Å²) in [5.41, 5.74) is 2.20. The van der Waals surface area contributed by atoms with Gasteiger partial charge in [-0.3, -0.25) is 9.52 Å². The topological polar surface area (TPSA) is 102 Å². The van der Waals surface area contributed by atoms with Crippen molar-refractivity contribution in [2.75, 3.05) is 16.6 Å². The third-order valence-corrected chi connectivity index (χ3v) is 5.74. The second-order valence-electron chi connectivity index (χ2n) is 6.75. The van der Waals surface area contributed by atoms with Crippen LogP contribution in [-0.4, -0.2) is 26.9 Å². The molecule has 0 unspecified atom stereocenters. The van der Waals surface area contributed by atoms with Gasteiger partial charge in [0.15, 0.2) is 0 Å². The zero-order chi connectivity index (χ0) is 22.4. The van der Waals surface area contributed by atoms with Crippen molar-refractivity contribution in [3.63, 3.8) is 0 Å². The van der Waals surface area contributed by atoms with Crippen molar-refractivity contribution < 1.29 is 22.7 Å². The molecule has 0 bridgehead atoms. The minimum Gasteiger partial charge on any atom is -0.462 e. The number of esters is 1. The molecule has 0 atom stereocenters. The number of nitrogens with one attached hydrogen (secondary N) is 2. The Morgan fingerprint density at radius 3 is 2.16 bits per heavy atom. The molecule has 3 rings (SSSR count). The molecule has 7 nitrogen and oxygen atoms in total. The highest BCUT2D eigenvalue weighted by atomic mass is 32.2. The summed E-state index contributed by atoms with van der Waals surface area (Å²) in [5.74, 6) is -0.927. The summed E-state index contributed by atoms with van der Waals surface area (Å²) in [4.78, 5) is 24.6. The Kier molecular flexibility index (Phi) is 6.71. The van der Waals surface area contributed by atoms with E-state index < -0.39 is 21.9 Å². The van der Waals surface area contributed by atoms with Crippen molar-refractivity contribution in [3.8, 4) is 0 Å². The highest BCUT2D eigenvalue weighted by Gasteiger charge is 2.15. The van der Waals surface area contributed by atoms with E-state index >= 15 is 0 Å². The molecule has 1 amide bonds. The van der Waals surface area contributed by atoms with Gasteiger partial charge in [0.1, 0.15) is 0 Å². The molecule has 0 aliphatic heterocycles. The lowest BCUT2D eigenvalue weighted by Crippen LogP contribution is -2.15. The summed E-state index contributed by atoms with van der Waals surface area (Å²) >= 11 is 0. The van der Waals surface area contributed by atoms with Gasteiger partial charge in [-0.25, -0.2) is 13.2 Å². The number of anilines is 2. The minimum absolute atomic E-state index is 0.128. The number of amides is 1. The van der Waals surface area contributed by atoms with Gasteiger partial charge in [-0.2, -0.15) is 0 Å². The fourth-order valence-corrected chi connectivity index (χ4v) is 3.85. The summed E-state index contributed by atoms with van der Waals surface area (Å²) in [5, 5.41) is 2.70. The molecule has 3 aromatic rings. The van der Waals surface area contributed by atoms with Crippen molar-refractivity contribution in [3.05, 3.63) is 89.5 Å². The second-order valence-corrected chi connectivity index (χ2v) is 8.44. The summed E-state index contributed by atoms with van der Waals surface area (Å²) in [6.45, 7) is 3.83. The fourth-order valence-electron chi connectivity index (χ4n) is 2.80. The largest absolute Gasteiger partial charge is 0.462 e. The van der Waals surface area contributed by atoms with Gasteiger partial charge >= 0.3 is 5.97 Å². The van der Waals surface area contributed by atoms with Gasteiger partial charge in [-0.05, 0) is 62.4 Å². The van der Waals surface area contributed by atoms with E-state index in [1.165, 1.54) is 24.3 Å². The maximum atomic E-state index is 12.6. The Labute approximate surface area is 181 Å². The van der Waals surface area contributed by atoms with Crippen molar-refractivity contribution in [1.82, 2.24) is 0 Å². The molecule has 0 radical (unpaired) electrons. The Morgan fingerprint density at radius 2 is 1.48 bits per heavy atom. The van der Waals surface area contributed by atoms with Crippen molar-refractivity contribution in [2.24, 2.45) is 0 Å². The highest BCUT2D eigenvalue weighted by Crippen LogP contribution is 2.19. The van der Waals surface area contributed by atoms with E-state index in [4.69, 9.17) is 4.74 Å². The van der Waals surface area contributed by atoms with Crippen LogP contribution in [0.5, 0.6) is 0 Å². The van der Waals surface area contributed by atoms with Crippen LogP contribution in [0.25, 0.3) is 0 Å². The van der Waals surface area contributed by atoms with Gasteiger partial charge in [-0.1, -0.05) is 29.8 Å². The van der Waals surface area contributed by atoms with E-state index in [0.717, 1.165) is 5.56 Å². The lowest BCUT2D eigenvalue weighted by Gasteiger charge is -2.11. The minimum atomic E-state index is -3.79. The normalized spacial score (nSPS) is 10.9. The summed E-state index contributed by atoms with van der Waals surface area (Å²) in [7, 11) is -3.79. The number of hydrogen-bond acceptors (Lipinski definition) is 5. The van der Waals surface area contributed by atoms with Crippen LogP contribution in [0.3, 0.4) is 0 Å². The van der Waals surface area contributed by atoms with E-state index in [1.807, 2.05) is 6.92 Å². The van der Waals surface area contributed by atoms with E-state index in [2.05, 4.69) is 10.0 Å². The zero-order valence-electron chi connectivity index (χ0n) is 17.1. The van der Waals surface area contributed by atoms with Crippen LogP contribution in [0.4, 0.5) is 11.4 Å². The Bertz CT molecular complexity index is 1200. The van der Waals surface area contributed by atoms with Gasteiger partial charge in [-0.15, -0.1) is 0 Å². The molecule has 2 N–H and O–H groups in total. The predicted octanol–water partition coefficient (Wildman–Crippen LogP) is 4.22. The molecule has 0 saturated carbocycles. The number of carbonyl (C=O) groups is 2. The van der Waals surface area contributed by atoms with Gasteiger partial charge in [0, 0.05) is 16.9 Å². The molecule has 31 heavy (non-hydrogen) atoms. The first-order valence-corrected chi connectivity index (χ1v) is 11.0. The monoisotopic (exact) mass is 438 g/mol. The molecule has 0 aliphatic carbocycles. The molecule has 8 heteroatoms. The average molecular weight is 439 g/mol. The maximum Gasteiger partial charge on any atom is 0.338 e. The third-order valence-electron chi connectivity index (χ3n) is 4.34. The molecular weight excluding hydrogens is 416 g/mol. The van der Waals surface area contributed by atoms with Gasteiger partial charge in [0.25, 0.3) is 15.9 Å². The number of sulfonamides is 1. The van der Waals surface area contributed by atoms with Gasteiger partial charge in [0.2, 0.25) is 0 Å². The lowest BCUT2D eigenvalue weighted by atomic mass is 10.1. The van der Waals surface area contributed by atoms with E-state index in [1.54, 1.807) is 55.5 Å². The van der Waals surface area contributed by atoms with Crippen LogP contribution in [0.15, 0.2) is 77.7 Å². The van der Waals surface area contributed by atoms with Crippen LogP contribution in [0.1, 0.15) is 33.2 Å². The Morgan fingerprint density at radius 1 is 0.871 bits per heavy atom. The quantitative estimate of drug-likeness (QED) is 0.538. The first-order chi connectivity index (χ1) is 14.8. The standard InChI is InChI=1S/C23H22N2O5S/c1-3-30-23(27)18-7-5-8-19(15-18)24-22(26)17-6-4-9-20(14-17)25-31(28,29)21-12-10-16(2)11-13-21/h4-15,25H,3H2,1-2H3,(H,24,26). The number of benzene rings is 3. The third kappa shape index (κ3) is 5.70. The van der Waals surface area contributed by atoms with Crippen LogP contribution >= 0.6 is 0 Å². The van der Waals surface area contributed by atoms with Crippen LogP contribution in [-0.2, 0) is 14.8 Å². The van der Waals surface area contributed by atoms with Crippen LogP contribution < -0.4 is 10.0 Å². The van der Waals surface area contributed by atoms with Crippen LogP contribution in [0, 0.1) is 6.92 Å². The highest BCUT2D eigenvalue weighted by molar-refractivity contribution is 7.92. The Hall–Kier alpha value is -3.65. The van der Waals surface area contributed by atoms with Crippen LogP contribution in [0.2, 0.25) is 0 Å². The van der Waals surface area contributed by atoms with Crippen molar-refractivity contribution in [2.45, 2.75) is 18.7 Å². The number of aryl methyl sites for hydroxylation is 1. The summed E-state index contributed by atoms with van der Waals surface area (Å²) < 4.78 is 32.6. The van der Waals surface area contributed by atoms with Crippen molar-refractivity contribution in [1.29, 1.82) is 0 Å². The molecule has 0 spiro atoms. The average Bonchev–Trinajstić information content (AvgIpc) is 2.74.